The highest BCUT2D eigenvalue weighted by Gasteiger charge is 2.10. The first kappa shape index (κ1) is 15.8. The van der Waals surface area contributed by atoms with E-state index in [9.17, 15) is 4.79 Å². The van der Waals surface area contributed by atoms with Crippen LogP contribution in [0, 0.1) is 0 Å². The number of aromatic nitrogens is 1. The maximum Gasteiger partial charge on any atom is 0.274 e. The van der Waals surface area contributed by atoms with Crippen molar-refractivity contribution in [3.05, 3.63) is 51.6 Å². The zero-order valence-corrected chi connectivity index (χ0v) is 13.8. The summed E-state index contributed by atoms with van der Waals surface area (Å²) in [5, 5.41) is 6.39. The lowest BCUT2D eigenvalue weighted by Crippen LogP contribution is -2.15. The number of nitrogens with zero attached hydrogens (tertiary/aromatic N) is 1. The molecule has 2 rings (SSSR count). The molecule has 0 aliphatic heterocycles. The fraction of sp³-hybridized carbons (Fsp3) is 0.200. The number of hydrogen-bond acceptors (Lipinski definition) is 3. The minimum Gasteiger partial charge on any atom is -0.370 e. The van der Waals surface area contributed by atoms with Crippen molar-refractivity contribution in [3.63, 3.8) is 0 Å². The summed E-state index contributed by atoms with van der Waals surface area (Å²) in [7, 11) is 0. The molecule has 2 aromatic rings. The standard InChI is InChI=1S/C15H15BrClN3O/c1-2-8-18-14-5-3-4-12(19-14)15(21)20-13-9-10(16)6-7-11(13)17/h3-7,9H,2,8H2,1H3,(H,18,19)(H,20,21). The third-order valence-corrected chi connectivity index (χ3v) is 3.54. The summed E-state index contributed by atoms with van der Waals surface area (Å²) in [4.78, 5) is 16.5. The van der Waals surface area contributed by atoms with Crippen LogP contribution in [-0.4, -0.2) is 17.4 Å². The zero-order valence-electron chi connectivity index (χ0n) is 11.5. The Morgan fingerprint density at radius 3 is 2.90 bits per heavy atom. The molecule has 0 atom stereocenters. The summed E-state index contributed by atoms with van der Waals surface area (Å²) in [6, 6.07) is 10.6. The summed E-state index contributed by atoms with van der Waals surface area (Å²) in [6.45, 7) is 2.88. The number of pyridine rings is 1. The van der Waals surface area contributed by atoms with Crippen molar-refractivity contribution in [1.82, 2.24) is 4.98 Å². The number of rotatable bonds is 5. The second kappa shape index (κ2) is 7.43. The van der Waals surface area contributed by atoms with E-state index in [0.29, 0.717) is 22.2 Å². The molecule has 0 saturated heterocycles. The second-order valence-electron chi connectivity index (χ2n) is 4.41. The monoisotopic (exact) mass is 367 g/mol. The number of halogens is 2. The van der Waals surface area contributed by atoms with Crippen LogP contribution in [-0.2, 0) is 0 Å². The summed E-state index contributed by atoms with van der Waals surface area (Å²) in [5.41, 5.74) is 0.886. The van der Waals surface area contributed by atoms with E-state index in [1.54, 1.807) is 24.3 Å². The Balaban J connectivity index is 2.14. The van der Waals surface area contributed by atoms with Gasteiger partial charge in [0, 0.05) is 11.0 Å². The van der Waals surface area contributed by atoms with Crippen molar-refractivity contribution in [2.24, 2.45) is 0 Å². The van der Waals surface area contributed by atoms with Crippen LogP contribution < -0.4 is 10.6 Å². The number of anilines is 2. The van der Waals surface area contributed by atoms with Gasteiger partial charge in [0.2, 0.25) is 0 Å². The van der Waals surface area contributed by atoms with Gasteiger partial charge in [-0.15, -0.1) is 0 Å². The van der Waals surface area contributed by atoms with Crippen molar-refractivity contribution >= 4 is 44.9 Å². The minimum atomic E-state index is -0.296. The van der Waals surface area contributed by atoms with E-state index in [-0.39, 0.29) is 5.91 Å². The van der Waals surface area contributed by atoms with E-state index < -0.39 is 0 Å². The average Bonchev–Trinajstić information content (AvgIpc) is 2.49. The zero-order chi connectivity index (χ0) is 15.2. The van der Waals surface area contributed by atoms with Crippen LogP contribution in [0.5, 0.6) is 0 Å². The quantitative estimate of drug-likeness (QED) is 0.812. The molecule has 4 nitrogen and oxygen atoms in total. The molecule has 0 saturated carbocycles. The van der Waals surface area contributed by atoms with E-state index >= 15 is 0 Å². The van der Waals surface area contributed by atoms with Gasteiger partial charge < -0.3 is 10.6 Å². The SMILES string of the molecule is CCCNc1cccc(C(=O)Nc2cc(Br)ccc2Cl)n1. The number of amides is 1. The van der Waals surface area contributed by atoms with Crippen LogP contribution in [0.3, 0.4) is 0 Å². The second-order valence-corrected chi connectivity index (χ2v) is 5.74. The predicted molar refractivity (Wildman–Crippen MR) is 90.1 cm³/mol. The van der Waals surface area contributed by atoms with Crippen LogP contribution in [0.25, 0.3) is 0 Å². The molecule has 110 valence electrons. The Labute approximate surface area is 137 Å². The third-order valence-electron chi connectivity index (χ3n) is 2.71. The van der Waals surface area contributed by atoms with Crippen LogP contribution in [0.1, 0.15) is 23.8 Å². The lowest BCUT2D eigenvalue weighted by Gasteiger charge is -2.09. The van der Waals surface area contributed by atoms with Crippen LogP contribution in [0.4, 0.5) is 11.5 Å². The summed E-state index contributed by atoms with van der Waals surface area (Å²) in [6.07, 6.45) is 0.992. The van der Waals surface area contributed by atoms with Crippen molar-refractivity contribution in [1.29, 1.82) is 0 Å². The Bertz CT molecular complexity index is 649. The number of carbonyl (C=O) groups is 1. The Kier molecular flexibility index (Phi) is 5.59. The molecule has 0 fully saturated rings. The maximum absolute atomic E-state index is 12.2. The van der Waals surface area contributed by atoms with Crippen LogP contribution in [0.15, 0.2) is 40.9 Å². The predicted octanol–water partition coefficient (Wildman–Crippen LogP) is 4.57. The molecule has 0 unspecified atom stereocenters. The minimum absolute atomic E-state index is 0.296. The third kappa shape index (κ3) is 4.44. The number of carbonyl (C=O) groups excluding carboxylic acids is 1. The molecular formula is C15H15BrClN3O. The molecule has 0 spiro atoms. The molecule has 0 bridgehead atoms. The molecular weight excluding hydrogens is 354 g/mol. The Hall–Kier alpha value is -1.59. The molecule has 2 N–H and O–H groups in total. The van der Waals surface area contributed by atoms with Gasteiger partial charge in [0.15, 0.2) is 0 Å². The summed E-state index contributed by atoms with van der Waals surface area (Å²) >= 11 is 9.41. The van der Waals surface area contributed by atoms with Crippen LogP contribution in [0.2, 0.25) is 5.02 Å². The van der Waals surface area contributed by atoms with Gasteiger partial charge in [-0.2, -0.15) is 0 Å². The van der Waals surface area contributed by atoms with E-state index in [1.165, 1.54) is 0 Å². The molecule has 1 aromatic heterocycles. The average molecular weight is 369 g/mol. The van der Waals surface area contributed by atoms with Gasteiger partial charge in [-0.05, 0) is 36.8 Å². The van der Waals surface area contributed by atoms with E-state index in [0.717, 1.165) is 17.4 Å². The van der Waals surface area contributed by atoms with Gasteiger partial charge in [-0.25, -0.2) is 4.98 Å². The molecule has 6 heteroatoms. The first-order valence-electron chi connectivity index (χ1n) is 6.57. The van der Waals surface area contributed by atoms with E-state index in [1.807, 2.05) is 12.1 Å². The topological polar surface area (TPSA) is 54.0 Å². The van der Waals surface area contributed by atoms with Gasteiger partial charge in [0.05, 0.1) is 10.7 Å². The Morgan fingerprint density at radius 1 is 1.33 bits per heavy atom. The molecule has 21 heavy (non-hydrogen) atoms. The normalized spacial score (nSPS) is 10.2. The van der Waals surface area contributed by atoms with Crippen LogP contribution >= 0.6 is 27.5 Å². The Morgan fingerprint density at radius 2 is 2.14 bits per heavy atom. The van der Waals surface area contributed by atoms with Gasteiger partial charge in [-0.3, -0.25) is 4.79 Å². The molecule has 1 amide bonds. The highest BCUT2D eigenvalue weighted by molar-refractivity contribution is 9.10. The van der Waals surface area contributed by atoms with Gasteiger partial charge in [0.1, 0.15) is 11.5 Å². The first-order valence-corrected chi connectivity index (χ1v) is 7.74. The molecule has 0 aliphatic carbocycles. The summed E-state index contributed by atoms with van der Waals surface area (Å²) in [5.74, 6) is 0.389. The smallest absolute Gasteiger partial charge is 0.274 e. The lowest BCUT2D eigenvalue weighted by atomic mass is 10.3. The highest BCUT2D eigenvalue weighted by Crippen LogP contribution is 2.26. The fourth-order valence-electron chi connectivity index (χ4n) is 1.69. The molecule has 0 radical (unpaired) electrons. The molecule has 1 aromatic carbocycles. The van der Waals surface area contributed by atoms with Crippen molar-refractivity contribution in [2.45, 2.75) is 13.3 Å². The highest BCUT2D eigenvalue weighted by atomic mass is 79.9. The van der Waals surface area contributed by atoms with Gasteiger partial charge >= 0.3 is 0 Å². The van der Waals surface area contributed by atoms with Crippen molar-refractivity contribution in [3.8, 4) is 0 Å². The van der Waals surface area contributed by atoms with Gasteiger partial charge in [0.25, 0.3) is 5.91 Å². The molecule has 1 heterocycles. The van der Waals surface area contributed by atoms with E-state index in [2.05, 4.69) is 38.5 Å². The maximum atomic E-state index is 12.2. The van der Waals surface area contributed by atoms with Crippen molar-refractivity contribution < 1.29 is 4.79 Å². The first-order chi connectivity index (χ1) is 10.1. The number of benzene rings is 1. The molecule has 0 aliphatic rings. The number of hydrogen-bond donors (Lipinski definition) is 2. The fourth-order valence-corrected chi connectivity index (χ4v) is 2.22. The van der Waals surface area contributed by atoms with Gasteiger partial charge in [-0.1, -0.05) is 40.5 Å². The summed E-state index contributed by atoms with van der Waals surface area (Å²) < 4.78 is 0.841. The number of nitrogens with one attached hydrogen (secondary N) is 2. The van der Waals surface area contributed by atoms with E-state index in [4.69, 9.17) is 11.6 Å². The van der Waals surface area contributed by atoms with Crippen molar-refractivity contribution in [2.75, 3.05) is 17.2 Å². The lowest BCUT2D eigenvalue weighted by molar-refractivity contribution is 0.102. The largest absolute Gasteiger partial charge is 0.370 e.